The van der Waals surface area contributed by atoms with Crippen LogP contribution in [0.2, 0.25) is 0 Å². The number of aliphatic carboxylic acids is 1. The number of hydrogen-bond donors (Lipinski definition) is 0. The van der Waals surface area contributed by atoms with Gasteiger partial charge in [-0.2, -0.15) is 0 Å². The molecule has 0 aliphatic carbocycles. The minimum absolute atomic E-state index is 0.0268. The van der Waals surface area contributed by atoms with E-state index in [4.69, 9.17) is 14.2 Å². The number of carboxylic acid groups (broad SMARTS) is 1. The van der Waals surface area contributed by atoms with Crippen molar-refractivity contribution in [3.8, 4) is 0 Å². The molecule has 65 heavy (non-hydrogen) atoms. The second-order valence-electron chi connectivity index (χ2n) is 18.4. The Morgan fingerprint density at radius 1 is 0.492 bits per heavy atom. The molecule has 0 aromatic carbocycles. The van der Waals surface area contributed by atoms with Crippen LogP contribution < -0.4 is 5.11 Å². The Labute approximate surface area is 399 Å². The fraction of sp³-hybridized carbons (Fsp3) is 0.702. The molecule has 0 saturated heterocycles. The number of carbonyl (C=O) groups is 3. The summed E-state index contributed by atoms with van der Waals surface area (Å²) >= 11 is 0. The van der Waals surface area contributed by atoms with Gasteiger partial charge < -0.3 is 28.6 Å². The molecule has 0 fully saturated rings. The quantitative estimate of drug-likeness (QED) is 0.0197. The number of nitrogens with zero attached hydrogens (tertiary/aromatic N) is 1. The highest BCUT2D eigenvalue weighted by Crippen LogP contribution is 2.14. The molecule has 0 aromatic heterocycles. The smallest absolute Gasteiger partial charge is 0.306 e. The number of rotatable bonds is 46. The number of esters is 2. The van der Waals surface area contributed by atoms with Crippen molar-refractivity contribution in [2.45, 2.75) is 219 Å². The predicted octanol–water partition coefficient (Wildman–Crippen LogP) is 13.9. The first-order valence-electron chi connectivity index (χ1n) is 26.1. The summed E-state index contributed by atoms with van der Waals surface area (Å²) < 4.78 is 17.2. The number of ether oxygens (including phenoxy) is 3. The van der Waals surface area contributed by atoms with Gasteiger partial charge in [0, 0.05) is 19.3 Å². The van der Waals surface area contributed by atoms with Gasteiger partial charge in [-0.05, 0) is 83.5 Å². The van der Waals surface area contributed by atoms with E-state index in [0.29, 0.717) is 12.8 Å². The van der Waals surface area contributed by atoms with E-state index in [9.17, 15) is 19.5 Å². The molecule has 0 aliphatic heterocycles. The highest BCUT2D eigenvalue weighted by molar-refractivity contribution is 5.70. The number of allylic oxidation sites excluding steroid dienone is 14. The molecule has 2 atom stereocenters. The van der Waals surface area contributed by atoms with Crippen molar-refractivity contribution in [3.05, 3.63) is 85.1 Å². The maximum atomic E-state index is 12.8. The van der Waals surface area contributed by atoms with Gasteiger partial charge >= 0.3 is 11.9 Å². The lowest BCUT2D eigenvalue weighted by atomic mass is 10.1. The molecule has 0 spiro atoms. The monoisotopic (exact) mass is 908 g/mol. The molecule has 0 saturated carbocycles. The molecular weight excluding hydrogens is 811 g/mol. The van der Waals surface area contributed by atoms with Crippen LogP contribution in [0.15, 0.2) is 85.1 Å². The molecular formula is C57H97NO7. The zero-order valence-corrected chi connectivity index (χ0v) is 42.4. The molecule has 372 valence electrons. The van der Waals surface area contributed by atoms with E-state index < -0.39 is 18.1 Å². The number of hydrogen-bond acceptors (Lipinski definition) is 7. The van der Waals surface area contributed by atoms with Crippen LogP contribution in [0.3, 0.4) is 0 Å². The van der Waals surface area contributed by atoms with Crippen molar-refractivity contribution in [1.29, 1.82) is 0 Å². The van der Waals surface area contributed by atoms with Gasteiger partial charge in [0.2, 0.25) is 0 Å². The fourth-order valence-corrected chi connectivity index (χ4v) is 7.26. The first-order chi connectivity index (χ1) is 31.6. The van der Waals surface area contributed by atoms with E-state index in [1.54, 1.807) is 21.1 Å². The Hall–Kier alpha value is -3.49. The van der Waals surface area contributed by atoms with E-state index in [0.717, 1.165) is 103 Å². The summed E-state index contributed by atoms with van der Waals surface area (Å²) in [6, 6.07) is -0.735. The van der Waals surface area contributed by atoms with Crippen LogP contribution in [-0.2, 0) is 28.6 Å². The first kappa shape index (κ1) is 61.5. The molecule has 0 aliphatic rings. The second kappa shape index (κ2) is 47.0. The molecule has 2 unspecified atom stereocenters. The zero-order chi connectivity index (χ0) is 47.7. The molecule has 8 nitrogen and oxygen atoms in total. The molecule has 0 radical (unpaired) electrons. The third-order valence-electron chi connectivity index (χ3n) is 11.3. The summed E-state index contributed by atoms with van der Waals surface area (Å²) in [6.45, 7) is 4.52. The van der Waals surface area contributed by atoms with Crippen molar-refractivity contribution < 1.29 is 38.2 Å². The lowest BCUT2D eigenvalue weighted by molar-refractivity contribution is -0.889. The van der Waals surface area contributed by atoms with Gasteiger partial charge in [0.15, 0.2) is 6.10 Å². The fourth-order valence-electron chi connectivity index (χ4n) is 7.26. The Morgan fingerprint density at radius 2 is 0.908 bits per heavy atom. The minimum Gasteiger partial charge on any atom is -0.544 e. The Balaban J connectivity index is 4.31. The van der Waals surface area contributed by atoms with E-state index in [1.807, 2.05) is 0 Å². The average Bonchev–Trinajstić information content (AvgIpc) is 3.27. The van der Waals surface area contributed by atoms with Crippen LogP contribution in [0.1, 0.15) is 206 Å². The summed E-state index contributed by atoms with van der Waals surface area (Å²) in [7, 11) is 5.40. The summed E-state index contributed by atoms with van der Waals surface area (Å²) in [6.07, 6.45) is 61.8. The Kier molecular flexibility index (Phi) is 44.5. The highest BCUT2D eigenvalue weighted by atomic mass is 16.6. The number of unbranched alkanes of at least 4 members (excludes halogenated alkanes) is 19. The van der Waals surface area contributed by atoms with Crippen LogP contribution in [0.4, 0.5) is 0 Å². The molecule has 0 heterocycles. The van der Waals surface area contributed by atoms with Crippen molar-refractivity contribution in [2.75, 3.05) is 41.0 Å². The largest absolute Gasteiger partial charge is 0.544 e. The van der Waals surface area contributed by atoms with Crippen molar-refractivity contribution >= 4 is 17.9 Å². The van der Waals surface area contributed by atoms with E-state index in [1.165, 1.54) is 70.6 Å². The number of quaternary nitrogens is 1. The van der Waals surface area contributed by atoms with Gasteiger partial charge in [0.1, 0.15) is 12.6 Å². The number of carboxylic acids is 1. The average molecular weight is 908 g/mol. The maximum absolute atomic E-state index is 12.8. The normalized spacial score (nSPS) is 13.6. The minimum atomic E-state index is -1.13. The Bertz CT molecular complexity index is 1330. The van der Waals surface area contributed by atoms with Crippen molar-refractivity contribution in [1.82, 2.24) is 0 Å². The van der Waals surface area contributed by atoms with Gasteiger partial charge in [0.25, 0.3) is 0 Å². The van der Waals surface area contributed by atoms with Gasteiger partial charge in [-0.25, -0.2) is 0 Å². The molecule has 0 bridgehead atoms. The van der Waals surface area contributed by atoms with E-state index in [2.05, 4.69) is 98.9 Å². The van der Waals surface area contributed by atoms with Crippen LogP contribution >= 0.6 is 0 Å². The topological polar surface area (TPSA) is 102 Å². The van der Waals surface area contributed by atoms with Gasteiger partial charge in [-0.15, -0.1) is 0 Å². The van der Waals surface area contributed by atoms with Crippen LogP contribution in [-0.4, -0.2) is 75.5 Å². The lowest BCUT2D eigenvalue weighted by Gasteiger charge is -2.34. The summed E-state index contributed by atoms with van der Waals surface area (Å²) in [5, 5.41) is 11.7. The van der Waals surface area contributed by atoms with Gasteiger partial charge in [0.05, 0.1) is 40.3 Å². The molecule has 0 rings (SSSR count). The lowest BCUT2D eigenvalue weighted by Crippen LogP contribution is -2.55. The van der Waals surface area contributed by atoms with Gasteiger partial charge in [-0.1, -0.05) is 189 Å². The number of likely N-dealkylation sites (N-methyl/N-ethyl adjacent to an activating group) is 1. The maximum Gasteiger partial charge on any atom is 0.306 e. The molecule has 0 amide bonds. The van der Waals surface area contributed by atoms with Crippen LogP contribution in [0.5, 0.6) is 0 Å². The predicted molar refractivity (Wildman–Crippen MR) is 272 cm³/mol. The molecule has 0 aromatic rings. The van der Waals surface area contributed by atoms with Crippen molar-refractivity contribution in [2.24, 2.45) is 0 Å². The van der Waals surface area contributed by atoms with Gasteiger partial charge in [-0.3, -0.25) is 9.59 Å². The summed E-state index contributed by atoms with van der Waals surface area (Å²) in [5.74, 6) is -1.77. The number of carbonyl (C=O) groups excluding carboxylic acids is 3. The standard InChI is InChI=1S/C57H97NO7/c1-6-8-10-12-14-16-18-20-22-24-26-27-28-29-30-32-34-36-38-40-42-44-46-48-56(60)65-53(51-63-50-49-54(57(61)62)58(3,4)5)52-64-55(59)47-45-43-41-39-37-35-33-31-25-23-21-19-17-15-13-11-9-7-2/h8,10,14,16,20,22-23,25-27,29-31,33,53-54H,6-7,9,11-13,15,17-19,21,24,28,32,34-52H2,1-5H3/b10-8+,16-14+,22-20+,25-23+,27-26+,30-29+,33-31+. The third kappa shape index (κ3) is 45.5. The zero-order valence-electron chi connectivity index (χ0n) is 42.4. The Morgan fingerprint density at radius 3 is 1.37 bits per heavy atom. The SMILES string of the molecule is CC/C=C/C/C=C/C/C=C/C/C=C/C/C=C/CCCCCCCCCC(=O)OC(COCCC(C(=O)[O-])[N+](C)(C)C)COC(=O)CCCCCCC/C=C/C=C/CCCCCCCCC. The summed E-state index contributed by atoms with van der Waals surface area (Å²) in [5.41, 5.74) is 0. The van der Waals surface area contributed by atoms with Crippen LogP contribution in [0, 0.1) is 0 Å². The van der Waals surface area contributed by atoms with Crippen LogP contribution in [0.25, 0.3) is 0 Å². The summed E-state index contributed by atoms with van der Waals surface area (Å²) in [4.78, 5) is 37.1. The van der Waals surface area contributed by atoms with E-state index in [-0.39, 0.29) is 42.7 Å². The van der Waals surface area contributed by atoms with E-state index >= 15 is 0 Å². The highest BCUT2D eigenvalue weighted by Gasteiger charge is 2.25. The third-order valence-corrected chi connectivity index (χ3v) is 11.3. The molecule has 8 heteroatoms. The second-order valence-corrected chi connectivity index (χ2v) is 18.4. The van der Waals surface area contributed by atoms with Crippen molar-refractivity contribution in [3.63, 3.8) is 0 Å². The molecule has 0 N–H and O–H groups in total. The first-order valence-corrected chi connectivity index (χ1v) is 26.1.